The molecule has 0 fully saturated rings. The van der Waals surface area contributed by atoms with Crippen molar-refractivity contribution in [2.24, 2.45) is 4.99 Å². The fourth-order valence-electron chi connectivity index (χ4n) is 2.79. The van der Waals surface area contributed by atoms with Gasteiger partial charge in [-0.2, -0.15) is 0 Å². The minimum Gasteiger partial charge on any atom is -0.504 e. The molecule has 1 atom stereocenters. The maximum atomic E-state index is 9.88. The van der Waals surface area contributed by atoms with Crippen LogP contribution in [0.1, 0.15) is 46.1 Å². The number of phenolic OH excluding ortho intramolecular Hbond substituents is 1. The van der Waals surface area contributed by atoms with Gasteiger partial charge in [-0.25, -0.2) is 4.99 Å². The lowest BCUT2D eigenvalue weighted by Gasteiger charge is -2.21. The average molecular weight is 365 g/mol. The van der Waals surface area contributed by atoms with Gasteiger partial charge in [0.15, 0.2) is 17.5 Å². The number of rotatable bonds is 11. The van der Waals surface area contributed by atoms with Gasteiger partial charge in [0, 0.05) is 12.6 Å². The van der Waals surface area contributed by atoms with Crippen LogP contribution in [0.25, 0.3) is 0 Å². The van der Waals surface area contributed by atoms with E-state index < -0.39 is 0 Å². The second kappa shape index (κ2) is 12.4. The highest BCUT2D eigenvalue weighted by atomic mass is 16.5. The first kappa shape index (κ1) is 22.1. The largest absolute Gasteiger partial charge is 0.504 e. The van der Waals surface area contributed by atoms with Crippen LogP contribution in [0.5, 0.6) is 11.5 Å². The third-order valence-corrected chi connectivity index (χ3v) is 4.40. The van der Waals surface area contributed by atoms with Crippen LogP contribution in [0.3, 0.4) is 0 Å². The van der Waals surface area contributed by atoms with Gasteiger partial charge in [-0.3, -0.25) is 0 Å². The topological polar surface area (TPSA) is 69.1 Å². The molecule has 3 N–H and O–H groups in total. The minimum atomic E-state index is 0.142. The first-order valence-corrected chi connectivity index (χ1v) is 9.67. The highest BCUT2D eigenvalue weighted by Crippen LogP contribution is 2.26. The van der Waals surface area contributed by atoms with Crippen molar-refractivity contribution in [1.29, 1.82) is 0 Å². The van der Waals surface area contributed by atoms with Gasteiger partial charge < -0.3 is 25.4 Å². The highest BCUT2D eigenvalue weighted by molar-refractivity contribution is 5.80. The van der Waals surface area contributed by atoms with E-state index >= 15 is 0 Å². The monoisotopic (exact) mass is 364 g/mol. The Morgan fingerprint density at radius 3 is 2.58 bits per heavy atom. The van der Waals surface area contributed by atoms with Gasteiger partial charge in [0.25, 0.3) is 0 Å². The zero-order valence-electron chi connectivity index (χ0n) is 17.0. The van der Waals surface area contributed by atoms with Gasteiger partial charge in [0.05, 0.1) is 13.7 Å². The summed E-state index contributed by atoms with van der Waals surface area (Å²) in [5, 5.41) is 16.6. The molecule has 0 radical (unpaired) electrons. The third-order valence-electron chi connectivity index (χ3n) is 4.40. The van der Waals surface area contributed by atoms with E-state index in [0.29, 0.717) is 18.3 Å². The molecule has 26 heavy (non-hydrogen) atoms. The zero-order chi connectivity index (χ0) is 19.4. The van der Waals surface area contributed by atoms with Crippen molar-refractivity contribution in [3.8, 4) is 11.5 Å². The number of nitrogens with zero attached hydrogens (tertiary/aromatic N) is 2. The van der Waals surface area contributed by atoms with Crippen molar-refractivity contribution in [1.82, 2.24) is 15.5 Å². The smallest absolute Gasteiger partial charge is 0.191 e. The standard InChI is InChI=1S/C20H36N4O2/c1-6-21-20(23-16(4)10-9-13-24(7-2)8-3)22-15-17-11-12-19(26-5)18(25)14-17/h11-12,14,16,25H,6-10,13,15H2,1-5H3,(H2,21,22,23). The van der Waals surface area contributed by atoms with E-state index in [2.05, 4.69) is 48.2 Å². The molecule has 0 saturated carbocycles. The van der Waals surface area contributed by atoms with Crippen LogP contribution in [0, 0.1) is 0 Å². The normalized spacial score (nSPS) is 12.9. The molecule has 0 aliphatic carbocycles. The minimum absolute atomic E-state index is 0.142. The third kappa shape index (κ3) is 7.95. The van der Waals surface area contributed by atoms with E-state index in [1.54, 1.807) is 19.2 Å². The molecule has 0 aromatic heterocycles. The molecule has 1 rings (SSSR count). The van der Waals surface area contributed by atoms with Crippen molar-refractivity contribution >= 4 is 5.96 Å². The Balaban J connectivity index is 2.55. The molecule has 0 amide bonds. The quantitative estimate of drug-likeness (QED) is 0.416. The predicted molar refractivity (Wildman–Crippen MR) is 109 cm³/mol. The molecule has 0 aliphatic rings. The lowest BCUT2D eigenvalue weighted by atomic mass is 10.2. The highest BCUT2D eigenvalue weighted by Gasteiger charge is 2.07. The zero-order valence-corrected chi connectivity index (χ0v) is 17.0. The van der Waals surface area contributed by atoms with Crippen LogP contribution in [0.15, 0.2) is 23.2 Å². The number of aliphatic imine (C=N–C) groups is 1. The summed E-state index contributed by atoms with van der Waals surface area (Å²) in [5.74, 6) is 1.42. The van der Waals surface area contributed by atoms with Crippen molar-refractivity contribution in [2.45, 2.75) is 53.1 Å². The lowest BCUT2D eigenvalue weighted by molar-refractivity contribution is 0.292. The van der Waals surface area contributed by atoms with Gasteiger partial charge in [0.2, 0.25) is 0 Å². The van der Waals surface area contributed by atoms with Crippen LogP contribution >= 0.6 is 0 Å². The molecule has 6 heteroatoms. The van der Waals surface area contributed by atoms with Crippen molar-refractivity contribution in [3.63, 3.8) is 0 Å². The van der Waals surface area contributed by atoms with Gasteiger partial charge in [-0.05, 0) is 64.0 Å². The molecule has 0 aliphatic heterocycles. The summed E-state index contributed by atoms with van der Waals surface area (Å²) in [5.41, 5.74) is 0.940. The summed E-state index contributed by atoms with van der Waals surface area (Å²) in [4.78, 5) is 7.07. The molecule has 0 heterocycles. The number of hydrogen-bond donors (Lipinski definition) is 3. The fourth-order valence-corrected chi connectivity index (χ4v) is 2.79. The number of methoxy groups -OCH3 is 1. The number of benzene rings is 1. The summed E-state index contributed by atoms with van der Waals surface area (Å²) in [6.07, 6.45) is 2.27. The molecule has 1 aromatic carbocycles. The Morgan fingerprint density at radius 2 is 2.00 bits per heavy atom. The summed E-state index contributed by atoms with van der Waals surface area (Å²) in [7, 11) is 1.54. The number of nitrogens with one attached hydrogen (secondary N) is 2. The Hall–Kier alpha value is -1.95. The van der Waals surface area contributed by atoms with Crippen LogP contribution < -0.4 is 15.4 Å². The Morgan fingerprint density at radius 1 is 1.27 bits per heavy atom. The van der Waals surface area contributed by atoms with Crippen LogP contribution in [-0.4, -0.2) is 55.3 Å². The molecule has 1 unspecified atom stereocenters. The van der Waals surface area contributed by atoms with Gasteiger partial charge in [-0.1, -0.05) is 19.9 Å². The van der Waals surface area contributed by atoms with Crippen LogP contribution in [-0.2, 0) is 6.54 Å². The number of hydrogen-bond acceptors (Lipinski definition) is 4. The van der Waals surface area contributed by atoms with Crippen molar-refractivity contribution in [3.05, 3.63) is 23.8 Å². The molecule has 0 spiro atoms. The second-order valence-corrected chi connectivity index (χ2v) is 6.42. The Bertz CT molecular complexity index is 545. The van der Waals surface area contributed by atoms with Gasteiger partial charge in [0.1, 0.15) is 0 Å². The molecular formula is C20H36N4O2. The van der Waals surface area contributed by atoms with Crippen molar-refractivity contribution in [2.75, 3.05) is 33.3 Å². The molecule has 6 nitrogen and oxygen atoms in total. The number of ether oxygens (including phenoxy) is 1. The predicted octanol–water partition coefficient (Wildman–Crippen LogP) is 2.97. The van der Waals surface area contributed by atoms with Crippen LogP contribution in [0.2, 0.25) is 0 Å². The molecule has 0 saturated heterocycles. The second-order valence-electron chi connectivity index (χ2n) is 6.42. The number of aromatic hydroxyl groups is 1. The van der Waals surface area contributed by atoms with E-state index in [-0.39, 0.29) is 5.75 Å². The summed E-state index contributed by atoms with van der Waals surface area (Å²) >= 11 is 0. The Kier molecular flexibility index (Phi) is 10.5. The first-order valence-electron chi connectivity index (χ1n) is 9.67. The molecule has 1 aromatic rings. The van der Waals surface area contributed by atoms with Gasteiger partial charge >= 0.3 is 0 Å². The maximum Gasteiger partial charge on any atom is 0.191 e. The summed E-state index contributed by atoms with van der Waals surface area (Å²) in [6, 6.07) is 5.72. The number of guanidine groups is 1. The maximum absolute atomic E-state index is 9.88. The first-order chi connectivity index (χ1) is 12.5. The lowest BCUT2D eigenvalue weighted by Crippen LogP contribution is -2.42. The molecular weight excluding hydrogens is 328 g/mol. The van der Waals surface area contributed by atoms with E-state index in [1.807, 2.05) is 6.07 Å². The summed E-state index contributed by atoms with van der Waals surface area (Å²) in [6.45, 7) is 13.3. The van der Waals surface area contributed by atoms with Crippen molar-refractivity contribution < 1.29 is 9.84 Å². The summed E-state index contributed by atoms with van der Waals surface area (Å²) < 4.78 is 5.07. The fraction of sp³-hybridized carbons (Fsp3) is 0.650. The van der Waals surface area contributed by atoms with E-state index in [0.717, 1.165) is 44.1 Å². The van der Waals surface area contributed by atoms with Crippen LogP contribution in [0.4, 0.5) is 0 Å². The Labute approximate surface area is 158 Å². The van der Waals surface area contributed by atoms with Gasteiger partial charge in [-0.15, -0.1) is 0 Å². The van der Waals surface area contributed by atoms with E-state index in [4.69, 9.17) is 4.74 Å². The number of phenols is 1. The molecule has 148 valence electrons. The molecule has 0 bridgehead atoms. The average Bonchev–Trinajstić information content (AvgIpc) is 2.63. The van der Waals surface area contributed by atoms with E-state index in [1.165, 1.54) is 6.42 Å². The SMILES string of the molecule is CCNC(=NCc1ccc(OC)c(O)c1)NC(C)CCCN(CC)CC. The van der Waals surface area contributed by atoms with E-state index in [9.17, 15) is 5.11 Å².